The summed E-state index contributed by atoms with van der Waals surface area (Å²) in [6, 6.07) is 7.72. The highest BCUT2D eigenvalue weighted by molar-refractivity contribution is 9.10. The molecule has 0 atom stereocenters. The fraction of sp³-hybridized carbons (Fsp3) is 0.154. The third-order valence-electron chi connectivity index (χ3n) is 2.48. The Morgan fingerprint density at radius 3 is 2.79 bits per heavy atom. The lowest BCUT2D eigenvalue weighted by Gasteiger charge is -2.04. The van der Waals surface area contributed by atoms with Crippen LogP contribution in [0.2, 0.25) is 5.02 Å². The minimum atomic E-state index is -0.449. The Hall–Kier alpha value is -1.33. The van der Waals surface area contributed by atoms with Crippen molar-refractivity contribution in [3.63, 3.8) is 0 Å². The number of hydrogen-bond donors (Lipinski definition) is 1. The predicted octanol–water partition coefficient (Wildman–Crippen LogP) is 3.81. The van der Waals surface area contributed by atoms with Gasteiger partial charge >= 0.3 is 0 Å². The highest BCUT2D eigenvalue weighted by Crippen LogP contribution is 2.16. The van der Waals surface area contributed by atoms with Crippen LogP contribution in [0.5, 0.6) is 0 Å². The van der Waals surface area contributed by atoms with E-state index < -0.39 is 5.82 Å². The van der Waals surface area contributed by atoms with Gasteiger partial charge in [-0.2, -0.15) is 0 Å². The maximum absolute atomic E-state index is 13.0. The monoisotopic (exact) mass is 345 g/mol. The van der Waals surface area contributed by atoms with Gasteiger partial charge < -0.3 is 9.73 Å². The summed E-state index contributed by atoms with van der Waals surface area (Å²) in [5.41, 5.74) is 0.854. The Bertz CT molecular complexity index is 600. The molecule has 3 nitrogen and oxygen atoms in total. The van der Waals surface area contributed by atoms with Gasteiger partial charge in [-0.05, 0) is 52.2 Å². The van der Waals surface area contributed by atoms with Gasteiger partial charge in [-0.3, -0.25) is 4.79 Å². The number of nitrogens with one attached hydrogen (secondary N) is 1. The average molecular weight is 347 g/mol. The predicted molar refractivity (Wildman–Crippen MR) is 73.9 cm³/mol. The molecule has 2 aromatic rings. The molecule has 2 rings (SSSR count). The fourth-order valence-electron chi connectivity index (χ4n) is 1.54. The molecular formula is C13H10BrClFNO2. The van der Waals surface area contributed by atoms with Gasteiger partial charge in [0.25, 0.3) is 5.91 Å². The molecule has 0 unspecified atom stereocenters. The first-order valence-electron chi connectivity index (χ1n) is 5.54. The molecule has 0 fully saturated rings. The number of carbonyl (C=O) groups is 1. The minimum absolute atomic E-state index is 0.0822. The van der Waals surface area contributed by atoms with Gasteiger partial charge in [0.1, 0.15) is 5.82 Å². The van der Waals surface area contributed by atoms with Crippen molar-refractivity contribution in [2.24, 2.45) is 0 Å². The molecule has 0 spiro atoms. The Labute approximate surface area is 122 Å². The average Bonchev–Trinajstić information content (AvgIpc) is 2.80. The number of hydrogen-bond acceptors (Lipinski definition) is 2. The molecule has 0 saturated carbocycles. The van der Waals surface area contributed by atoms with Gasteiger partial charge in [0.15, 0.2) is 10.4 Å². The molecule has 0 bridgehead atoms. The molecule has 0 aliphatic heterocycles. The lowest BCUT2D eigenvalue weighted by Crippen LogP contribution is -2.25. The van der Waals surface area contributed by atoms with E-state index in [0.717, 1.165) is 5.56 Å². The zero-order chi connectivity index (χ0) is 13.8. The molecule has 0 aliphatic rings. The third-order valence-corrected chi connectivity index (χ3v) is 3.20. The van der Waals surface area contributed by atoms with E-state index in [1.165, 1.54) is 6.07 Å². The first-order valence-corrected chi connectivity index (χ1v) is 6.71. The van der Waals surface area contributed by atoms with Crippen molar-refractivity contribution < 1.29 is 13.6 Å². The van der Waals surface area contributed by atoms with E-state index in [0.29, 0.717) is 17.6 Å². The second-order valence-corrected chi connectivity index (χ2v) is 5.05. The zero-order valence-corrected chi connectivity index (χ0v) is 12.1. The van der Waals surface area contributed by atoms with Crippen molar-refractivity contribution in [2.45, 2.75) is 6.42 Å². The lowest BCUT2D eigenvalue weighted by molar-refractivity contribution is 0.0925. The van der Waals surface area contributed by atoms with Gasteiger partial charge in [0.05, 0.1) is 5.02 Å². The number of furan rings is 1. The molecule has 100 valence electrons. The topological polar surface area (TPSA) is 42.2 Å². The van der Waals surface area contributed by atoms with Gasteiger partial charge in [-0.25, -0.2) is 4.39 Å². The summed E-state index contributed by atoms with van der Waals surface area (Å²) in [5.74, 6) is -0.502. The molecule has 0 radical (unpaired) electrons. The van der Waals surface area contributed by atoms with Gasteiger partial charge in [-0.1, -0.05) is 17.7 Å². The lowest BCUT2D eigenvalue weighted by atomic mass is 10.1. The van der Waals surface area contributed by atoms with Gasteiger partial charge in [0, 0.05) is 6.54 Å². The number of amides is 1. The molecule has 0 saturated heterocycles. The Balaban J connectivity index is 1.86. The van der Waals surface area contributed by atoms with Crippen molar-refractivity contribution in [1.29, 1.82) is 0 Å². The van der Waals surface area contributed by atoms with Crippen LogP contribution in [-0.4, -0.2) is 12.5 Å². The summed E-state index contributed by atoms with van der Waals surface area (Å²) >= 11 is 8.79. The second kappa shape index (κ2) is 6.21. The summed E-state index contributed by atoms with van der Waals surface area (Å²) in [7, 11) is 0. The molecule has 1 N–H and O–H groups in total. The zero-order valence-electron chi connectivity index (χ0n) is 9.75. The summed E-state index contributed by atoms with van der Waals surface area (Å²) in [6.07, 6.45) is 0.563. The summed E-state index contributed by atoms with van der Waals surface area (Å²) in [5, 5.41) is 2.79. The number of carbonyl (C=O) groups excluding carboxylic acids is 1. The van der Waals surface area contributed by atoms with Crippen LogP contribution in [0, 0.1) is 5.82 Å². The molecule has 1 amide bonds. The Kier molecular flexibility index (Phi) is 4.61. The molecule has 1 heterocycles. The van der Waals surface area contributed by atoms with Crippen LogP contribution >= 0.6 is 27.5 Å². The van der Waals surface area contributed by atoms with Gasteiger partial charge in [0.2, 0.25) is 0 Å². The molecule has 1 aromatic carbocycles. The number of rotatable bonds is 4. The van der Waals surface area contributed by atoms with E-state index in [-0.39, 0.29) is 16.7 Å². The van der Waals surface area contributed by atoms with Crippen molar-refractivity contribution >= 4 is 33.4 Å². The highest BCUT2D eigenvalue weighted by atomic mass is 79.9. The molecule has 19 heavy (non-hydrogen) atoms. The standard InChI is InChI=1S/C13H10BrClFNO2/c14-12-4-3-11(19-12)13(18)17-6-5-8-1-2-10(16)9(15)7-8/h1-4,7H,5-6H2,(H,17,18). The van der Waals surface area contributed by atoms with Crippen molar-refractivity contribution in [3.05, 3.63) is 57.2 Å². The fourth-order valence-corrected chi connectivity index (χ4v) is 2.05. The summed E-state index contributed by atoms with van der Waals surface area (Å²) < 4.78 is 18.6. The normalized spacial score (nSPS) is 10.5. The van der Waals surface area contributed by atoms with Crippen LogP contribution in [0.15, 0.2) is 39.4 Å². The van der Waals surface area contributed by atoms with E-state index in [1.807, 2.05) is 0 Å². The maximum Gasteiger partial charge on any atom is 0.287 e. The quantitative estimate of drug-likeness (QED) is 0.915. The molecule has 0 aliphatic carbocycles. The highest BCUT2D eigenvalue weighted by Gasteiger charge is 2.09. The van der Waals surface area contributed by atoms with E-state index in [9.17, 15) is 9.18 Å². The van der Waals surface area contributed by atoms with E-state index in [1.54, 1.807) is 24.3 Å². The van der Waals surface area contributed by atoms with Crippen LogP contribution in [0.25, 0.3) is 0 Å². The van der Waals surface area contributed by atoms with E-state index >= 15 is 0 Å². The van der Waals surface area contributed by atoms with E-state index in [2.05, 4.69) is 21.2 Å². The smallest absolute Gasteiger partial charge is 0.287 e. The maximum atomic E-state index is 13.0. The Morgan fingerprint density at radius 1 is 1.37 bits per heavy atom. The number of halogens is 3. The van der Waals surface area contributed by atoms with Crippen LogP contribution in [0.4, 0.5) is 4.39 Å². The third kappa shape index (κ3) is 3.81. The van der Waals surface area contributed by atoms with Crippen molar-refractivity contribution in [3.8, 4) is 0 Å². The second-order valence-electron chi connectivity index (χ2n) is 3.86. The van der Waals surface area contributed by atoms with Gasteiger partial charge in [-0.15, -0.1) is 0 Å². The first-order chi connectivity index (χ1) is 9.06. The molecule has 6 heteroatoms. The summed E-state index contributed by atoms with van der Waals surface area (Å²) in [6.45, 7) is 0.416. The molecular weight excluding hydrogens is 337 g/mol. The molecule has 1 aromatic heterocycles. The Morgan fingerprint density at radius 2 is 2.16 bits per heavy atom. The SMILES string of the molecule is O=C(NCCc1ccc(F)c(Cl)c1)c1ccc(Br)o1. The largest absolute Gasteiger partial charge is 0.444 e. The van der Waals surface area contributed by atoms with Crippen molar-refractivity contribution in [2.75, 3.05) is 6.54 Å². The first kappa shape index (κ1) is 14.1. The van der Waals surface area contributed by atoms with Crippen LogP contribution in [-0.2, 0) is 6.42 Å². The number of benzene rings is 1. The van der Waals surface area contributed by atoms with Crippen molar-refractivity contribution in [1.82, 2.24) is 5.32 Å². The van der Waals surface area contributed by atoms with Crippen LogP contribution in [0.3, 0.4) is 0 Å². The van der Waals surface area contributed by atoms with Crippen LogP contribution in [0.1, 0.15) is 16.1 Å². The van der Waals surface area contributed by atoms with E-state index in [4.69, 9.17) is 16.0 Å². The minimum Gasteiger partial charge on any atom is -0.444 e. The summed E-state index contributed by atoms with van der Waals surface area (Å²) in [4.78, 5) is 11.7. The van der Waals surface area contributed by atoms with Crippen LogP contribution < -0.4 is 5.32 Å².